The van der Waals surface area contributed by atoms with E-state index in [0.717, 1.165) is 12.5 Å². The molecule has 3 rings (SSSR count). The largest absolute Gasteiger partial charge is 0.352 e. The lowest BCUT2D eigenvalue weighted by Crippen LogP contribution is -2.57. The van der Waals surface area contributed by atoms with Gasteiger partial charge in [-0.1, -0.05) is 37.1 Å². The van der Waals surface area contributed by atoms with Gasteiger partial charge in [0.05, 0.1) is 10.5 Å². The first-order valence-corrected chi connectivity index (χ1v) is 12.4. The highest BCUT2D eigenvalue weighted by Crippen LogP contribution is 2.23. The summed E-state index contributed by atoms with van der Waals surface area (Å²) >= 11 is 0. The van der Waals surface area contributed by atoms with Crippen molar-refractivity contribution in [2.45, 2.75) is 57.4 Å². The molecule has 6 nitrogen and oxygen atoms in total. The smallest absolute Gasteiger partial charge is 0.193 e. The Hall–Kier alpha value is -0.870. The van der Waals surface area contributed by atoms with Gasteiger partial charge in [0.2, 0.25) is 0 Å². The molecule has 2 saturated heterocycles. The first-order chi connectivity index (χ1) is 13.8. The van der Waals surface area contributed by atoms with E-state index in [2.05, 4.69) is 44.4 Å². The van der Waals surface area contributed by atoms with E-state index in [9.17, 15) is 8.42 Å². The zero-order chi connectivity index (χ0) is 20.9. The highest BCUT2D eigenvalue weighted by Gasteiger charge is 2.40. The quantitative estimate of drug-likeness (QED) is 0.356. The summed E-state index contributed by atoms with van der Waals surface area (Å²) in [6.45, 7) is 8.64. The number of hydrogen-bond acceptors (Lipinski definition) is 4. The average Bonchev–Trinajstić information content (AvgIpc) is 2.94. The zero-order valence-corrected chi connectivity index (χ0v) is 21.7. The highest BCUT2D eigenvalue weighted by molar-refractivity contribution is 14.0. The highest BCUT2D eigenvalue weighted by atomic mass is 127. The number of likely N-dealkylation sites (tertiary alicyclic amines) is 1. The zero-order valence-electron chi connectivity index (χ0n) is 18.6. The third kappa shape index (κ3) is 6.56. The van der Waals surface area contributed by atoms with Crippen LogP contribution in [0.5, 0.6) is 0 Å². The normalized spacial score (nSPS) is 22.1. The number of nitrogens with zero attached hydrogens (tertiary/aromatic N) is 3. The van der Waals surface area contributed by atoms with Gasteiger partial charge in [0.25, 0.3) is 0 Å². The molecular weight excluding hydrogens is 511 g/mol. The van der Waals surface area contributed by atoms with Crippen LogP contribution in [-0.2, 0) is 22.9 Å². The second kappa shape index (κ2) is 11.1. The van der Waals surface area contributed by atoms with Gasteiger partial charge in [0, 0.05) is 33.2 Å². The Bertz CT molecular complexity index is 818. The summed E-state index contributed by atoms with van der Waals surface area (Å²) in [6.07, 6.45) is 5.32. The number of aliphatic imine (C=N–C) groups is 1. The Labute approximate surface area is 199 Å². The molecule has 0 atom stereocenters. The van der Waals surface area contributed by atoms with Gasteiger partial charge in [-0.2, -0.15) is 0 Å². The van der Waals surface area contributed by atoms with Crippen LogP contribution >= 0.6 is 24.0 Å². The van der Waals surface area contributed by atoms with Crippen molar-refractivity contribution in [3.05, 3.63) is 35.4 Å². The molecule has 2 fully saturated rings. The van der Waals surface area contributed by atoms with Gasteiger partial charge in [0.15, 0.2) is 15.8 Å². The number of halogens is 1. The molecule has 0 aromatic heterocycles. The molecule has 1 aromatic rings. The van der Waals surface area contributed by atoms with Crippen molar-refractivity contribution in [1.29, 1.82) is 0 Å². The van der Waals surface area contributed by atoms with E-state index in [1.165, 1.54) is 49.9 Å². The van der Waals surface area contributed by atoms with Crippen molar-refractivity contribution in [2.24, 2.45) is 4.99 Å². The number of sulfone groups is 1. The summed E-state index contributed by atoms with van der Waals surface area (Å²) in [4.78, 5) is 9.02. The lowest BCUT2D eigenvalue weighted by molar-refractivity contribution is 0.277. The van der Waals surface area contributed by atoms with Crippen molar-refractivity contribution in [3.63, 3.8) is 0 Å². The second-order valence-corrected chi connectivity index (χ2v) is 11.7. The van der Waals surface area contributed by atoms with Crippen LogP contribution in [0.25, 0.3) is 0 Å². The molecule has 0 aliphatic carbocycles. The van der Waals surface area contributed by atoms with Gasteiger partial charge in [-0.15, -0.1) is 24.0 Å². The van der Waals surface area contributed by atoms with E-state index < -0.39 is 14.6 Å². The summed E-state index contributed by atoms with van der Waals surface area (Å²) in [5.74, 6) is 0.942. The molecule has 0 amide bonds. The number of nitrogens with one attached hydrogen (secondary N) is 1. The monoisotopic (exact) mass is 548 g/mol. The Kier molecular flexibility index (Phi) is 9.42. The van der Waals surface area contributed by atoms with Crippen LogP contribution in [0.15, 0.2) is 29.3 Å². The van der Waals surface area contributed by atoms with E-state index in [1.54, 1.807) is 20.9 Å². The molecule has 0 spiro atoms. The Balaban J connectivity index is 0.00000320. The fourth-order valence-corrected chi connectivity index (χ4v) is 5.59. The molecule has 0 unspecified atom stereocenters. The number of rotatable bonds is 4. The van der Waals surface area contributed by atoms with Crippen LogP contribution < -0.4 is 5.32 Å². The van der Waals surface area contributed by atoms with E-state index in [1.807, 2.05) is 0 Å². The van der Waals surface area contributed by atoms with E-state index in [4.69, 9.17) is 0 Å². The summed E-state index contributed by atoms with van der Waals surface area (Å²) in [6, 6.07) is 8.75. The third-order valence-corrected chi connectivity index (χ3v) is 8.63. The minimum absolute atomic E-state index is 0. The third-order valence-electron chi connectivity index (χ3n) is 6.10. The topological polar surface area (TPSA) is 65.0 Å². The van der Waals surface area contributed by atoms with Crippen molar-refractivity contribution in [2.75, 3.05) is 39.0 Å². The molecule has 170 valence electrons. The minimum Gasteiger partial charge on any atom is -0.352 e. The van der Waals surface area contributed by atoms with Crippen LogP contribution in [0.2, 0.25) is 0 Å². The molecule has 30 heavy (non-hydrogen) atoms. The van der Waals surface area contributed by atoms with Crippen molar-refractivity contribution >= 4 is 39.8 Å². The second-order valence-electron chi connectivity index (χ2n) is 8.91. The number of guanidine groups is 1. The fraction of sp³-hybridized carbons (Fsp3) is 0.682. The van der Waals surface area contributed by atoms with Gasteiger partial charge in [0.1, 0.15) is 0 Å². The Morgan fingerprint density at radius 3 is 2.40 bits per heavy atom. The van der Waals surface area contributed by atoms with Crippen LogP contribution in [0.4, 0.5) is 0 Å². The predicted octanol–water partition coefficient (Wildman–Crippen LogP) is 3.27. The molecule has 2 aliphatic rings. The summed E-state index contributed by atoms with van der Waals surface area (Å²) in [7, 11) is -1.30. The number of hydrogen-bond donors (Lipinski definition) is 1. The van der Waals surface area contributed by atoms with E-state index >= 15 is 0 Å². The van der Waals surface area contributed by atoms with Gasteiger partial charge in [-0.3, -0.25) is 9.89 Å². The molecule has 0 radical (unpaired) electrons. The Morgan fingerprint density at radius 1 is 1.10 bits per heavy atom. The summed E-state index contributed by atoms with van der Waals surface area (Å²) < 4.78 is 23.8. The molecular formula is C22H37IN4O2S. The summed E-state index contributed by atoms with van der Waals surface area (Å²) in [5, 5.41) is 3.43. The maximum Gasteiger partial charge on any atom is 0.193 e. The maximum atomic E-state index is 12.3. The first-order valence-electron chi connectivity index (χ1n) is 10.8. The molecule has 8 heteroatoms. The SMILES string of the molecule is CN=C(NCc1cccc(CN2CCCCCC2)c1)N1CCS(=O)(=O)C(C)(C)C1.I. The number of benzene rings is 1. The van der Waals surface area contributed by atoms with E-state index in [-0.39, 0.29) is 29.7 Å². The van der Waals surface area contributed by atoms with Crippen molar-refractivity contribution in [1.82, 2.24) is 15.1 Å². The Morgan fingerprint density at radius 2 is 1.77 bits per heavy atom. The summed E-state index contributed by atoms with van der Waals surface area (Å²) in [5.41, 5.74) is 2.58. The minimum atomic E-state index is -3.05. The molecule has 1 aromatic carbocycles. The maximum absolute atomic E-state index is 12.3. The average molecular weight is 549 g/mol. The lowest BCUT2D eigenvalue weighted by Gasteiger charge is -2.39. The van der Waals surface area contributed by atoms with Crippen molar-refractivity contribution in [3.8, 4) is 0 Å². The molecule has 2 heterocycles. The molecule has 1 N–H and O–H groups in total. The van der Waals surface area contributed by atoms with Gasteiger partial charge in [-0.05, 0) is 50.9 Å². The first kappa shape index (κ1) is 25.4. The van der Waals surface area contributed by atoms with E-state index in [0.29, 0.717) is 19.6 Å². The molecule has 0 bridgehead atoms. The van der Waals surface area contributed by atoms with Crippen molar-refractivity contribution < 1.29 is 8.42 Å². The van der Waals surface area contributed by atoms with Crippen LogP contribution in [0, 0.1) is 0 Å². The van der Waals surface area contributed by atoms with Crippen LogP contribution in [0.1, 0.15) is 50.7 Å². The fourth-order valence-electron chi connectivity index (χ4n) is 4.23. The molecule has 2 aliphatic heterocycles. The van der Waals surface area contributed by atoms with Gasteiger partial charge >= 0.3 is 0 Å². The predicted molar refractivity (Wildman–Crippen MR) is 135 cm³/mol. The van der Waals surface area contributed by atoms with Gasteiger partial charge < -0.3 is 10.2 Å². The standard InChI is InChI=1S/C22H36N4O2S.HI/c1-22(2)18-26(13-14-29(22,27)28)21(23-3)24-16-19-9-8-10-20(15-19)17-25-11-6-4-5-7-12-25;/h8-10,15H,4-7,11-14,16-18H2,1-3H3,(H,23,24);1H. The van der Waals surface area contributed by atoms with Crippen LogP contribution in [0.3, 0.4) is 0 Å². The van der Waals surface area contributed by atoms with Gasteiger partial charge in [-0.25, -0.2) is 8.42 Å². The molecule has 0 saturated carbocycles. The lowest BCUT2D eigenvalue weighted by atomic mass is 10.1. The van der Waals surface area contributed by atoms with Crippen LogP contribution in [-0.4, -0.2) is 67.9 Å².